The van der Waals surface area contributed by atoms with Gasteiger partial charge in [0.25, 0.3) is 0 Å². The summed E-state index contributed by atoms with van der Waals surface area (Å²) in [6, 6.07) is 37.9. The van der Waals surface area contributed by atoms with E-state index in [1.54, 1.807) is 42.6 Å². The summed E-state index contributed by atoms with van der Waals surface area (Å²) in [6.45, 7) is 0.530. The fourth-order valence-electron chi connectivity index (χ4n) is 4.94. The van der Waals surface area contributed by atoms with Gasteiger partial charge in [-0.25, -0.2) is 9.78 Å². The number of amides is 3. The summed E-state index contributed by atoms with van der Waals surface area (Å²) in [5.41, 5.74) is 9.89. The van der Waals surface area contributed by atoms with Gasteiger partial charge in [-0.05, 0) is 46.0 Å². The molecular weight excluding hydrogens is 578 g/mol. The number of carbonyl (C=O) groups excluding carboxylic acids is 3. The van der Waals surface area contributed by atoms with E-state index < -0.39 is 18.1 Å². The molecule has 4 aromatic carbocycles. The van der Waals surface area contributed by atoms with Crippen LogP contribution in [0.1, 0.15) is 33.7 Å². The SMILES string of the molecule is Nc1ccc(CC(NC(=O)C(c2ccccc2)c2ccccc2)C(=O)NCc2ccc(CNC(=O)Oc3ccccc3)cc2)cn1. The van der Waals surface area contributed by atoms with Crippen molar-refractivity contribution in [1.82, 2.24) is 20.9 Å². The smallest absolute Gasteiger partial charge is 0.410 e. The fraction of sp³-hybridized carbons (Fsp3) is 0.135. The summed E-state index contributed by atoms with van der Waals surface area (Å²) in [4.78, 5) is 43.7. The highest BCUT2D eigenvalue weighted by Crippen LogP contribution is 2.25. The van der Waals surface area contributed by atoms with Gasteiger partial charge < -0.3 is 26.4 Å². The molecule has 9 heteroatoms. The number of anilines is 1. The van der Waals surface area contributed by atoms with Gasteiger partial charge in [0.15, 0.2) is 0 Å². The Hall–Kier alpha value is -5.96. The van der Waals surface area contributed by atoms with Crippen molar-refractivity contribution >= 4 is 23.7 Å². The molecule has 0 saturated carbocycles. The van der Waals surface area contributed by atoms with Crippen molar-refractivity contribution in [2.75, 3.05) is 5.73 Å². The van der Waals surface area contributed by atoms with E-state index >= 15 is 0 Å². The summed E-state index contributed by atoms with van der Waals surface area (Å²) in [5, 5.41) is 8.69. The molecular formula is C37H35N5O4. The van der Waals surface area contributed by atoms with Crippen molar-refractivity contribution in [3.05, 3.63) is 161 Å². The lowest BCUT2D eigenvalue weighted by Crippen LogP contribution is -2.49. The predicted molar refractivity (Wildman–Crippen MR) is 177 cm³/mol. The Bertz CT molecular complexity index is 1680. The second-order valence-corrected chi connectivity index (χ2v) is 10.7. The van der Waals surface area contributed by atoms with Crippen LogP contribution >= 0.6 is 0 Å². The zero-order chi connectivity index (χ0) is 32.1. The molecule has 0 aliphatic carbocycles. The Labute approximate surface area is 267 Å². The summed E-state index contributed by atoms with van der Waals surface area (Å²) in [7, 11) is 0. The topological polar surface area (TPSA) is 135 Å². The number of rotatable bonds is 12. The molecule has 0 spiro atoms. The van der Waals surface area contributed by atoms with E-state index in [0.717, 1.165) is 27.8 Å². The third-order valence-corrected chi connectivity index (χ3v) is 7.33. The lowest BCUT2D eigenvalue weighted by atomic mass is 9.90. The number of nitrogen functional groups attached to an aromatic ring is 1. The standard InChI is InChI=1S/C37H35N5O4/c38-33-21-20-28(25-39-33)22-32(42-36(44)34(29-10-4-1-5-11-29)30-12-6-2-7-13-30)35(43)40-23-26-16-18-27(19-17-26)24-41-37(45)46-31-14-8-3-9-15-31/h1-21,25,32,34H,22-24H2,(H2,38,39)(H,40,43)(H,41,45)(H,42,44). The van der Waals surface area contributed by atoms with Gasteiger partial charge in [0, 0.05) is 25.7 Å². The van der Waals surface area contributed by atoms with E-state index in [2.05, 4.69) is 20.9 Å². The Morgan fingerprint density at radius 3 is 1.70 bits per heavy atom. The fourth-order valence-corrected chi connectivity index (χ4v) is 4.94. The van der Waals surface area contributed by atoms with Gasteiger partial charge >= 0.3 is 6.09 Å². The molecule has 0 saturated heterocycles. The van der Waals surface area contributed by atoms with Crippen LogP contribution in [0.25, 0.3) is 0 Å². The average molecular weight is 614 g/mol. The summed E-state index contributed by atoms with van der Waals surface area (Å²) in [5.74, 6) is -0.394. The minimum absolute atomic E-state index is 0.227. The molecule has 5 N–H and O–H groups in total. The summed E-state index contributed by atoms with van der Waals surface area (Å²) >= 11 is 0. The molecule has 9 nitrogen and oxygen atoms in total. The number of nitrogens with one attached hydrogen (secondary N) is 3. The first-order valence-corrected chi connectivity index (χ1v) is 14.9. The minimum atomic E-state index is -0.869. The molecule has 0 aliphatic heterocycles. The molecule has 0 bridgehead atoms. The van der Waals surface area contributed by atoms with Gasteiger partial charge in [0.05, 0.1) is 5.92 Å². The zero-order valence-corrected chi connectivity index (χ0v) is 25.1. The molecule has 3 amide bonds. The van der Waals surface area contributed by atoms with Crippen molar-refractivity contribution in [2.45, 2.75) is 31.5 Å². The average Bonchev–Trinajstić information content (AvgIpc) is 3.09. The number of aromatic nitrogens is 1. The Morgan fingerprint density at radius 2 is 1.15 bits per heavy atom. The van der Waals surface area contributed by atoms with E-state index in [1.807, 2.05) is 91.0 Å². The number of benzene rings is 4. The number of carbonyl (C=O) groups is 3. The quantitative estimate of drug-likeness (QED) is 0.154. The van der Waals surface area contributed by atoms with Crippen LogP contribution in [0.3, 0.4) is 0 Å². The summed E-state index contributed by atoms with van der Waals surface area (Å²) < 4.78 is 5.25. The monoisotopic (exact) mass is 613 g/mol. The number of hydrogen-bond acceptors (Lipinski definition) is 6. The van der Waals surface area contributed by atoms with Gasteiger partial charge in [0.1, 0.15) is 17.6 Å². The van der Waals surface area contributed by atoms with Crippen LogP contribution in [0.2, 0.25) is 0 Å². The molecule has 0 radical (unpaired) electrons. The predicted octanol–water partition coefficient (Wildman–Crippen LogP) is 5.13. The van der Waals surface area contributed by atoms with E-state index in [9.17, 15) is 14.4 Å². The van der Waals surface area contributed by atoms with Gasteiger partial charge in [-0.3, -0.25) is 9.59 Å². The van der Waals surface area contributed by atoms with Crippen LogP contribution in [0.15, 0.2) is 134 Å². The number of hydrogen-bond donors (Lipinski definition) is 4. The molecule has 0 aliphatic rings. The lowest BCUT2D eigenvalue weighted by molar-refractivity contribution is -0.129. The highest BCUT2D eigenvalue weighted by atomic mass is 16.6. The van der Waals surface area contributed by atoms with Crippen molar-refractivity contribution in [3.8, 4) is 5.75 Å². The highest BCUT2D eigenvalue weighted by molar-refractivity contribution is 5.92. The van der Waals surface area contributed by atoms with Crippen LogP contribution in [0, 0.1) is 0 Å². The lowest BCUT2D eigenvalue weighted by Gasteiger charge is -2.23. The first-order chi connectivity index (χ1) is 22.4. The van der Waals surface area contributed by atoms with Crippen LogP contribution < -0.4 is 26.4 Å². The third-order valence-electron chi connectivity index (χ3n) is 7.33. The number of pyridine rings is 1. The van der Waals surface area contributed by atoms with Gasteiger partial charge in [0.2, 0.25) is 11.8 Å². The summed E-state index contributed by atoms with van der Waals surface area (Å²) in [6.07, 6.45) is 1.29. The molecule has 46 heavy (non-hydrogen) atoms. The van der Waals surface area contributed by atoms with Crippen LogP contribution in [0.4, 0.5) is 10.6 Å². The second-order valence-electron chi connectivity index (χ2n) is 10.7. The van der Waals surface area contributed by atoms with Crippen molar-refractivity contribution in [1.29, 1.82) is 0 Å². The Kier molecular flexibility index (Phi) is 10.7. The van der Waals surface area contributed by atoms with Crippen molar-refractivity contribution in [3.63, 3.8) is 0 Å². The maximum atomic E-state index is 13.9. The van der Waals surface area contributed by atoms with Crippen molar-refractivity contribution in [2.24, 2.45) is 0 Å². The maximum absolute atomic E-state index is 13.9. The van der Waals surface area contributed by atoms with Gasteiger partial charge in [-0.1, -0.05) is 109 Å². The third kappa shape index (κ3) is 9.03. The number of nitrogens with zero attached hydrogens (tertiary/aromatic N) is 1. The number of nitrogens with two attached hydrogens (primary N) is 1. The Morgan fingerprint density at radius 1 is 0.630 bits per heavy atom. The molecule has 232 valence electrons. The minimum Gasteiger partial charge on any atom is -0.410 e. The largest absolute Gasteiger partial charge is 0.412 e. The molecule has 5 aromatic rings. The van der Waals surface area contributed by atoms with Crippen molar-refractivity contribution < 1.29 is 19.1 Å². The highest BCUT2D eigenvalue weighted by Gasteiger charge is 2.28. The molecule has 5 rings (SSSR count). The van der Waals surface area contributed by atoms with Gasteiger partial charge in [-0.15, -0.1) is 0 Å². The molecule has 1 unspecified atom stereocenters. The first-order valence-electron chi connectivity index (χ1n) is 14.9. The molecule has 0 fully saturated rings. The molecule has 1 atom stereocenters. The van der Waals surface area contributed by atoms with Gasteiger partial charge in [-0.2, -0.15) is 0 Å². The van der Waals surface area contributed by atoms with Crippen LogP contribution in [0.5, 0.6) is 5.75 Å². The number of para-hydroxylation sites is 1. The number of ether oxygens (including phenoxy) is 1. The van der Waals surface area contributed by atoms with Crippen LogP contribution in [-0.4, -0.2) is 28.9 Å². The second kappa shape index (κ2) is 15.7. The molecule has 1 aromatic heterocycles. The van der Waals surface area contributed by atoms with E-state index in [-0.39, 0.29) is 31.3 Å². The van der Waals surface area contributed by atoms with E-state index in [1.165, 1.54) is 0 Å². The molecule has 1 heterocycles. The Balaban J connectivity index is 1.23. The van der Waals surface area contributed by atoms with E-state index in [0.29, 0.717) is 11.6 Å². The van der Waals surface area contributed by atoms with E-state index in [4.69, 9.17) is 10.5 Å². The maximum Gasteiger partial charge on any atom is 0.412 e. The van der Waals surface area contributed by atoms with Crippen LogP contribution in [-0.2, 0) is 29.1 Å². The first kappa shape index (κ1) is 31.5. The zero-order valence-electron chi connectivity index (χ0n) is 25.1. The normalized spacial score (nSPS) is 11.3.